The molecule has 1 aliphatic carbocycles. The Hall–Kier alpha value is -1.78. The highest BCUT2D eigenvalue weighted by atomic mass is 16.5. The predicted octanol–water partition coefficient (Wildman–Crippen LogP) is 3.12. The van der Waals surface area contributed by atoms with Crippen LogP contribution in [0.25, 0.3) is 0 Å². The van der Waals surface area contributed by atoms with Crippen molar-refractivity contribution in [3.63, 3.8) is 0 Å². The minimum atomic E-state index is 0.454. The van der Waals surface area contributed by atoms with Gasteiger partial charge in [-0.25, -0.2) is 9.98 Å². The first-order valence-electron chi connectivity index (χ1n) is 8.72. The molecule has 0 aliphatic heterocycles. The summed E-state index contributed by atoms with van der Waals surface area (Å²) < 4.78 is 5.16. The minimum absolute atomic E-state index is 0.454. The van der Waals surface area contributed by atoms with Crippen molar-refractivity contribution in [2.24, 2.45) is 10.4 Å². The first-order valence-corrected chi connectivity index (χ1v) is 8.72. The van der Waals surface area contributed by atoms with E-state index in [1.54, 1.807) is 13.3 Å². The van der Waals surface area contributed by atoms with Gasteiger partial charge < -0.3 is 15.4 Å². The van der Waals surface area contributed by atoms with Crippen LogP contribution in [0.15, 0.2) is 23.3 Å². The number of nitrogens with zero attached hydrogens (tertiary/aromatic N) is 2. The number of aromatic nitrogens is 1. The molecule has 0 atom stereocenters. The van der Waals surface area contributed by atoms with Crippen molar-refractivity contribution in [2.45, 2.75) is 52.5 Å². The van der Waals surface area contributed by atoms with Crippen LogP contribution in [0.4, 0.5) is 0 Å². The maximum Gasteiger partial charge on any atom is 0.213 e. The molecule has 0 aromatic carbocycles. The lowest BCUT2D eigenvalue weighted by Gasteiger charge is -2.28. The Bertz CT molecular complexity index is 509. The van der Waals surface area contributed by atoms with Crippen LogP contribution >= 0.6 is 0 Å². The Labute approximate surface area is 139 Å². The van der Waals surface area contributed by atoms with Gasteiger partial charge in [0.15, 0.2) is 5.96 Å². The Kier molecular flexibility index (Phi) is 6.68. The van der Waals surface area contributed by atoms with E-state index < -0.39 is 0 Å². The fraction of sp³-hybridized carbons (Fsp3) is 0.667. The molecule has 5 heteroatoms. The smallest absolute Gasteiger partial charge is 0.213 e. The highest BCUT2D eigenvalue weighted by Crippen LogP contribution is 2.40. The molecule has 2 rings (SSSR count). The van der Waals surface area contributed by atoms with Gasteiger partial charge in [-0.05, 0) is 43.2 Å². The van der Waals surface area contributed by atoms with Crippen LogP contribution in [0.2, 0.25) is 0 Å². The first-order chi connectivity index (χ1) is 11.2. The summed E-state index contributed by atoms with van der Waals surface area (Å²) in [4.78, 5) is 8.82. The molecule has 0 saturated heterocycles. The van der Waals surface area contributed by atoms with E-state index in [1.807, 2.05) is 12.1 Å². The van der Waals surface area contributed by atoms with E-state index in [9.17, 15) is 0 Å². The van der Waals surface area contributed by atoms with Crippen LogP contribution in [0.5, 0.6) is 5.88 Å². The molecule has 0 radical (unpaired) electrons. The number of rotatable bonds is 7. The van der Waals surface area contributed by atoms with Crippen LogP contribution in [0.1, 0.15) is 51.5 Å². The fourth-order valence-electron chi connectivity index (χ4n) is 3.22. The van der Waals surface area contributed by atoms with Gasteiger partial charge in [-0.1, -0.05) is 19.8 Å². The zero-order valence-corrected chi connectivity index (χ0v) is 14.7. The number of ether oxygens (including phenoxy) is 1. The van der Waals surface area contributed by atoms with Crippen LogP contribution in [0.3, 0.4) is 0 Å². The van der Waals surface area contributed by atoms with Gasteiger partial charge in [0.2, 0.25) is 5.88 Å². The summed E-state index contributed by atoms with van der Waals surface area (Å²) in [6.07, 6.45) is 8.38. The molecule has 0 bridgehead atoms. The SMILES string of the molecule is CCNC(=NCc1ccnc(OC)c1)NCC1(CC)CCCC1. The van der Waals surface area contributed by atoms with Crippen molar-refractivity contribution in [1.82, 2.24) is 15.6 Å². The predicted molar refractivity (Wildman–Crippen MR) is 94.8 cm³/mol. The fourth-order valence-corrected chi connectivity index (χ4v) is 3.22. The van der Waals surface area contributed by atoms with Crippen molar-refractivity contribution >= 4 is 5.96 Å². The van der Waals surface area contributed by atoms with E-state index >= 15 is 0 Å². The maximum absolute atomic E-state index is 5.16. The van der Waals surface area contributed by atoms with Crippen LogP contribution in [-0.4, -0.2) is 31.1 Å². The van der Waals surface area contributed by atoms with Gasteiger partial charge >= 0.3 is 0 Å². The lowest BCUT2D eigenvalue weighted by Crippen LogP contribution is -2.42. The zero-order valence-electron chi connectivity index (χ0n) is 14.7. The summed E-state index contributed by atoms with van der Waals surface area (Å²) in [6.45, 7) is 6.89. The molecule has 1 aromatic heterocycles. The Morgan fingerprint density at radius 2 is 2.09 bits per heavy atom. The van der Waals surface area contributed by atoms with Gasteiger partial charge in [-0.3, -0.25) is 0 Å². The number of aliphatic imine (C=N–C) groups is 1. The van der Waals surface area contributed by atoms with E-state index in [1.165, 1.54) is 32.1 Å². The topological polar surface area (TPSA) is 58.5 Å². The van der Waals surface area contributed by atoms with E-state index in [-0.39, 0.29) is 0 Å². The van der Waals surface area contributed by atoms with Crippen molar-refractivity contribution in [3.05, 3.63) is 23.9 Å². The molecule has 0 amide bonds. The quantitative estimate of drug-likeness (QED) is 0.599. The van der Waals surface area contributed by atoms with E-state index in [0.29, 0.717) is 17.8 Å². The van der Waals surface area contributed by atoms with E-state index in [2.05, 4.69) is 29.5 Å². The second-order valence-corrected chi connectivity index (χ2v) is 6.32. The molecule has 0 unspecified atom stereocenters. The third kappa shape index (κ3) is 5.12. The zero-order chi connectivity index (χ0) is 16.5. The maximum atomic E-state index is 5.16. The minimum Gasteiger partial charge on any atom is -0.481 e. The molecule has 1 fully saturated rings. The second-order valence-electron chi connectivity index (χ2n) is 6.32. The molecule has 1 aromatic rings. The Balaban J connectivity index is 1.96. The summed E-state index contributed by atoms with van der Waals surface area (Å²) in [7, 11) is 1.63. The van der Waals surface area contributed by atoms with Crippen molar-refractivity contribution in [1.29, 1.82) is 0 Å². The number of hydrogen-bond donors (Lipinski definition) is 2. The average Bonchev–Trinajstić information content (AvgIpc) is 3.07. The summed E-state index contributed by atoms with van der Waals surface area (Å²) >= 11 is 0. The summed E-state index contributed by atoms with van der Waals surface area (Å²) in [5.41, 5.74) is 1.55. The molecule has 23 heavy (non-hydrogen) atoms. The van der Waals surface area contributed by atoms with Gasteiger partial charge in [0.1, 0.15) is 0 Å². The molecule has 0 spiro atoms. The standard InChI is InChI=1S/C18H30N4O/c1-4-18(9-6-7-10-18)14-22-17(19-5-2)21-13-15-8-11-20-16(12-15)23-3/h8,11-12H,4-7,9-10,13-14H2,1-3H3,(H2,19,21,22). The summed E-state index contributed by atoms with van der Waals surface area (Å²) in [6, 6.07) is 3.90. The van der Waals surface area contributed by atoms with E-state index in [0.717, 1.165) is 24.6 Å². The molecule has 5 nitrogen and oxygen atoms in total. The molecular formula is C18H30N4O. The van der Waals surface area contributed by atoms with Gasteiger partial charge in [-0.2, -0.15) is 0 Å². The number of nitrogens with one attached hydrogen (secondary N) is 2. The largest absolute Gasteiger partial charge is 0.481 e. The average molecular weight is 318 g/mol. The number of pyridine rings is 1. The summed E-state index contributed by atoms with van der Waals surface area (Å²) in [5, 5.41) is 6.88. The number of hydrogen-bond acceptors (Lipinski definition) is 3. The Morgan fingerprint density at radius 1 is 1.30 bits per heavy atom. The van der Waals surface area contributed by atoms with Crippen LogP contribution in [0, 0.1) is 5.41 Å². The first kappa shape index (κ1) is 17.6. The van der Waals surface area contributed by atoms with Crippen molar-refractivity contribution < 1.29 is 4.74 Å². The molecule has 2 N–H and O–H groups in total. The molecular weight excluding hydrogens is 288 g/mol. The number of methoxy groups -OCH3 is 1. The third-order valence-electron chi connectivity index (χ3n) is 4.82. The van der Waals surface area contributed by atoms with Gasteiger partial charge in [0.05, 0.1) is 13.7 Å². The van der Waals surface area contributed by atoms with Gasteiger partial charge in [0.25, 0.3) is 0 Å². The highest BCUT2D eigenvalue weighted by Gasteiger charge is 2.31. The van der Waals surface area contributed by atoms with Crippen LogP contribution < -0.4 is 15.4 Å². The molecule has 1 saturated carbocycles. The summed E-state index contributed by atoms with van der Waals surface area (Å²) in [5.74, 6) is 1.52. The highest BCUT2D eigenvalue weighted by molar-refractivity contribution is 5.79. The molecule has 1 heterocycles. The lowest BCUT2D eigenvalue weighted by atomic mass is 9.83. The lowest BCUT2D eigenvalue weighted by molar-refractivity contribution is 0.283. The van der Waals surface area contributed by atoms with E-state index in [4.69, 9.17) is 9.73 Å². The number of guanidine groups is 1. The van der Waals surface area contributed by atoms with Crippen molar-refractivity contribution in [2.75, 3.05) is 20.2 Å². The van der Waals surface area contributed by atoms with Gasteiger partial charge in [-0.15, -0.1) is 0 Å². The van der Waals surface area contributed by atoms with Crippen LogP contribution in [-0.2, 0) is 6.54 Å². The monoisotopic (exact) mass is 318 g/mol. The normalized spacial score (nSPS) is 17.1. The van der Waals surface area contributed by atoms with Crippen molar-refractivity contribution in [3.8, 4) is 5.88 Å². The molecule has 128 valence electrons. The molecule has 1 aliphatic rings. The second kappa shape index (κ2) is 8.75. The third-order valence-corrected chi connectivity index (χ3v) is 4.82. The Morgan fingerprint density at radius 3 is 2.74 bits per heavy atom. The van der Waals surface area contributed by atoms with Gasteiger partial charge in [0, 0.05) is 25.4 Å².